The molecule has 2 heterocycles. The van der Waals surface area contributed by atoms with E-state index in [4.69, 9.17) is 4.74 Å². The van der Waals surface area contributed by atoms with Crippen molar-refractivity contribution >= 4 is 11.7 Å². The van der Waals surface area contributed by atoms with Crippen molar-refractivity contribution in [3.05, 3.63) is 0 Å². The van der Waals surface area contributed by atoms with Crippen LogP contribution in [0.2, 0.25) is 0 Å². The van der Waals surface area contributed by atoms with E-state index in [-0.39, 0.29) is 17.8 Å². The molecule has 2 aliphatic heterocycles. The van der Waals surface area contributed by atoms with Crippen molar-refractivity contribution in [2.75, 3.05) is 39.3 Å². The van der Waals surface area contributed by atoms with Gasteiger partial charge in [-0.3, -0.25) is 14.5 Å². The Labute approximate surface area is 114 Å². The van der Waals surface area contributed by atoms with Crippen molar-refractivity contribution in [3.8, 4) is 0 Å². The first kappa shape index (κ1) is 14.5. The molecule has 0 bridgehead atoms. The summed E-state index contributed by atoms with van der Waals surface area (Å²) in [6.45, 7) is 6.26. The van der Waals surface area contributed by atoms with Gasteiger partial charge >= 0.3 is 0 Å². The number of Topliss-reactive ketones (excluding diaryl/α,β-unsaturated/α-hetero) is 1. The van der Waals surface area contributed by atoms with E-state index in [1.54, 1.807) is 0 Å². The molecular weight excluding hydrogens is 244 g/mol. The van der Waals surface area contributed by atoms with Crippen LogP contribution >= 0.6 is 0 Å². The Morgan fingerprint density at radius 3 is 2.74 bits per heavy atom. The van der Waals surface area contributed by atoms with Crippen LogP contribution in [0.5, 0.6) is 0 Å². The van der Waals surface area contributed by atoms with Crippen molar-refractivity contribution in [1.82, 2.24) is 9.80 Å². The van der Waals surface area contributed by atoms with Gasteiger partial charge in [0.25, 0.3) is 0 Å². The Hall–Kier alpha value is -0.940. The molecule has 0 aromatic heterocycles. The summed E-state index contributed by atoms with van der Waals surface area (Å²) in [4.78, 5) is 27.3. The Morgan fingerprint density at radius 2 is 2.16 bits per heavy atom. The zero-order valence-corrected chi connectivity index (χ0v) is 11.8. The van der Waals surface area contributed by atoms with Gasteiger partial charge in [0, 0.05) is 39.1 Å². The minimum atomic E-state index is 0.146. The fourth-order valence-electron chi connectivity index (χ4n) is 2.68. The van der Waals surface area contributed by atoms with E-state index in [0.29, 0.717) is 32.5 Å². The maximum absolute atomic E-state index is 12.2. The van der Waals surface area contributed by atoms with Gasteiger partial charge < -0.3 is 9.64 Å². The summed E-state index contributed by atoms with van der Waals surface area (Å²) in [7, 11) is 0. The number of piperidine rings is 1. The molecule has 2 saturated heterocycles. The summed E-state index contributed by atoms with van der Waals surface area (Å²) in [6.07, 6.45) is 3.55. The lowest BCUT2D eigenvalue weighted by atomic mass is 10.1. The van der Waals surface area contributed by atoms with Gasteiger partial charge in [0.15, 0.2) is 0 Å². The zero-order valence-electron chi connectivity index (χ0n) is 11.8. The molecule has 5 nitrogen and oxygen atoms in total. The first-order valence-corrected chi connectivity index (χ1v) is 7.32. The molecular formula is C14H24N2O3. The molecule has 1 atom stereocenters. The van der Waals surface area contributed by atoms with Crippen LogP contribution in [-0.2, 0) is 14.3 Å². The molecule has 2 fully saturated rings. The monoisotopic (exact) mass is 268 g/mol. The average Bonchev–Trinajstić information content (AvgIpc) is 2.91. The van der Waals surface area contributed by atoms with Crippen LogP contribution in [0.15, 0.2) is 0 Å². The number of nitrogens with zero attached hydrogens (tertiary/aromatic N) is 2. The van der Waals surface area contributed by atoms with Gasteiger partial charge in [-0.25, -0.2) is 0 Å². The quantitative estimate of drug-likeness (QED) is 0.736. The SMILES string of the molecule is CCN(CC(=O)N1CCC(=O)CC1)CC1CCCO1. The summed E-state index contributed by atoms with van der Waals surface area (Å²) in [6, 6.07) is 0. The molecule has 0 N–H and O–H groups in total. The van der Waals surface area contributed by atoms with E-state index in [0.717, 1.165) is 32.5 Å². The van der Waals surface area contributed by atoms with Crippen molar-refractivity contribution in [2.24, 2.45) is 0 Å². The van der Waals surface area contributed by atoms with Crippen LogP contribution in [0.1, 0.15) is 32.6 Å². The van der Waals surface area contributed by atoms with Gasteiger partial charge in [-0.15, -0.1) is 0 Å². The number of amides is 1. The number of hydrogen-bond donors (Lipinski definition) is 0. The molecule has 0 radical (unpaired) electrons. The van der Waals surface area contributed by atoms with E-state index < -0.39 is 0 Å². The van der Waals surface area contributed by atoms with Crippen molar-refractivity contribution in [3.63, 3.8) is 0 Å². The topological polar surface area (TPSA) is 49.9 Å². The normalized spacial score (nSPS) is 24.2. The fourth-order valence-corrected chi connectivity index (χ4v) is 2.68. The maximum atomic E-state index is 12.2. The minimum Gasteiger partial charge on any atom is -0.377 e. The second-order valence-electron chi connectivity index (χ2n) is 5.38. The number of carbonyl (C=O) groups is 2. The van der Waals surface area contributed by atoms with E-state index >= 15 is 0 Å². The molecule has 0 aromatic rings. The third kappa shape index (κ3) is 4.28. The Balaban J connectivity index is 1.76. The molecule has 0 saturated carbocycles. The lowest BCUT2D eigenvalue weighted by Gasteiger charge is -2.30. The van der Waals surface area contributed by atoms with Gasteiger partial charge in [0.1, 0.15) is 5.78 Å². The van der Waals surface area contributed by atoms with Crippen LogP contribution in [0, 0.1) is 0 Å². The summed E-state index contributed by atoms with van der Waals surface area (Å²) in [5.41, 5.74) is 0. The highest BCUT2D eigenvalue weighted by Crippen LogP contribution is 2.13. The fraction of sp³-hybridized carbons (Fsp3) is 0.857. The predicted molar refractivity (Wildman–Crippen MR) is 71.9 cm³/mol. The van der Waals surface area contributed by atoms with E-state index in [2.05, 4.69) is 11.8 Å². The summed E-state index contributed by atoms with van der Waals surface area (Å²) < 4.78 is 5.62. The largest absolute Gasteiger partial charge is 0.377 e. The Kier molecular flexibility index (Phi) is 5.34. The van der Waals surface area contributed by atoms with Crippen molar-refractivity contribution < 1.29 is 14.3 Å². The lowest BCUT2D eigenvalue weighted by Crippen LogP contribution is -2.45. The van der Waals surface area contributed by atoms with E-state index in [9.17, 15) is 9.59 Å². The molecule has 1 amide bonds. The molecule has 5 heteroatoms. The zero-order chi connectivity index (χ0) is 13.7. The molecule has 0 aromatic carbocycles. The number of likely N-dealkylation sites (tertiary alicyclic amines) is 1. The molecule has 2 rings (SSSR count). The third-order valence-corrected chi connectivity index (χ3v) is 3.97. The molecule has 0 aliphatic carbocycles. The average molecular weight is 268 g/mol. The second-order valence-corrected chi connectivity index (χ2v) is 5.38. The molecule has 0 spiro atoms. The molecule has 2 aliphatic rings. The Morgan fingerprint density at radius 1 is 1.42 bits per heavy atom. The van der Waals surface area contributed by atoms with Crippen LogP contribution in [0.25, 0.3) is 0 Å². The summed E-state index contributed by atoms with van der Waals surface area (Å²) >= 11 is 0. The van der Waals surface area contributed by atoms with Gasteiger partial charge in [-0.2, -0.15) is 0 Å². The summed E-state index contributed by atoms with van der Waals surface area (Å²) in [5.74, 6) is 0.420. The maximum Gasteiger partial charge on any atom is 0.236 e. The highest BCUT2D eigenvalue weighted by molar-refractivity contribution is 5.84. The van der Waals surface area contributed by atoms with Crippen LogP contribution in [0.4, 0.5) is 0 Å². The molecule has 108 valence electrons. The van der Waals surface area contributed by atoms with Crippen molar-refractivity contribution in [1.29, 1.82) is 0 Å². The number of ether oxygens (including phenoxy) is 1. The number of hydrogen-bond acceptors (Lipinski definition) is 4. The minimum absolute atomic E-state index is 0.146. The highest BCUT2D eigenvalue weighted by Gasteiger charge is 2.24. The third-order valence-electron chi connectivity index (χ3n) is 3.97. The van der Waals surface area contributed by atoms with Crippen LogP contribution < -0.4 is 0 Å². The van der Waals surface area contributed by atoms with Gasteiger partial charge in [-0.05, 0) is 19.4 Å². The smallest absolute Gasteiger partial charge is 0.236 e. The highest BCUT2D eigenvalue weighted by atomic mass is 16.5. The van der Waals surface area contributed by atoms with Crippen molar-refractivity contribution in [2.45, 2.75) is 38.7 Å². The van der Waals surface area contributed by atoms with E-state index in [1.807, 2.05) is 4.90 Å². The lowest BCUT2D eigenvalue weighted by molar-refractivity contribution is -0.135. The number of likely N-dealkylation sites (N-methyl/N-ethyl adjacent to an activating group) is 1. The predicted octanol–water partition coefficient (Wildman–Crippen LogP) is 0.679. The Bertz CT molecular complexity index is 317. The molecule has 1 unspecified atom stereocenters. The first-order valence-electron chi connectivity index (χ1n) is 7.32. The molecule has 19 heavy (non-hydrogen) atoms. The van der Waals surface area contributed by atoms with Gasteiger partial charge in [-0.1, -0.05) is 6.92 Å². The first-order chi connectivity index (χ1) is 9.19. The van der Waals surface area contributed by atoms with Gasteiger partial charge in [0.2, 0.25) is 5.91 Å². The van der Waals surface area contributed by atoms with E-state index in [1.165, 1.54) is 0 Å². The number of rotatable bonds is 5. The standard InChI is InChI=1S/C14H24N2O3/c1-2-15(10-13-4-3-9-19-13)11-14(18)16-7-5-12(17)6-8-16/h13H,2-11H2,1H3. The second kappa shape index (κ2) is 7.01. The van der Waals surface area contributed by atoms with Crippen LogP contribution in [-0.4, -0.2) is 66.9 Å². The number of carbonyl (C=O) groups excluding carboxylic acids is 2. The number of ketones is 1. The van der Waals surface area contributed by atoms with Gasteiger partial charge in [0.05, 0.1) is 12.6 Å². The van der Waals surface area contributed by atoms with Crippen LogP contribution in [0.3, 0.4) is 0 Å². The summed E-state index contributed by atoms with van der Waals surface area (Å²) in [5, 5.41) is 0.